The van der Waals surface area contributed by atoms with E-state index in [1.807, 2.05) is 12.1 Å². The van der Waals surface area contributed by atoms with Crippen LogP contribution >= 0.6 is 0 Å². The number of piperidine rings is 3. The van der Waals surface area contributed by atoms with Gasteiger partial charge in [0.1, 0.15) is 5.76 Å². The number of aryl methyl sites for hydroxylation is 1. The average molecular weight is 369 g/mol. The van der Waals surface area contributed by atoms with E-state index in [1.54, 1.807) is 6.26 Å². The van der Waals surface area contributed by atoms with Gasteiger partial charge in [0, 0.05) is 43.7 Å². The normalized spacial score (nSPS) is 31.0. The Bertz CT molecular complexity index is 746. The molecule has 4 atom stereocenters. The summed E-state index contributed by atoms with van der Waals surface area (Å²) in [6.45, 7) is 4.34. The number of nitrogens with zero attached hydrogens (tertiary/aromatic N) is 3. The molecule has 5 heteroatoms. The zero-order valence-electron chi connectivity index (χ0n) is 16.4. The van der Waals surface area contributed by atoms with E-state index in [0.29, 0.717) is 17.9 Å². The molecule has 2 bridgehead atoms. The molecule has 146 valence electrons. The van der Waals surface area contributed by atoms with Crippen LogP contribution in [0, 0.1) is 5.92 Å². The van der Waals surface area contributed by atoms with Gasteiger partial charge in [0.15, 0.2) is 0 Å². The van der Waals surface area contributed by atoms with E-state index in [1.165, 1.54) is 63.0 Å². The van der Waals surface area contributed by atoms with Gasteiger partial charge >= 0.3 is 0 Å². The van der Waals surface area contributed by atoms with Crippen LogP contribution < -0.4 is 5.32 Å². The number of aromatic nitrogens is 2. The molecule has 4 aliphatic rings. The van der Waals surface area contributed by atoms with E-state index < -0.39 is 0 Å². The van der Waals surface area contributed by atoms with Gasteiger partial charge in [-0.3, -0.25) is 9.58 Å². The first-order chi connectivity index (χ1) is 13.3. The lowest BCUT2D eigenvalue weighted by Gasteiger charge is -2.50. The molecule has 3 saturated heterocycles. The first-order valence-corrected chi connectivity index (χ1v) is 10.8. The second kappa shape index (κ2) is 7.44. The van der Waals surface area contributed by atoms with Crippen LogP contribution in [0.4, 0.5) is 0 Å². The Hall–Kier alpha value is -1.59. The second-order valence-corrected chi connectivity index (χ2v) is 8.85. The molecule has 27 heavy (non-hydrogen) atoms. The molecule has 0 aromatic carbocycles. The fourth-order valence-corrected chi connectivity index (χ4v) is 5.73. The van der Waals surface area contributed by atoms with Gasteiger partial charge in [-0.15, -0.1) is 0 Å². The van der Waals surface area contributed by atoms with Gasteiger partial charge in [-0.1, -0.05) is 12.8 Å². The molecule has 6 rings (SSSR count). The molecule has 0 amide bonds. The molecule has 1 aliphatic carbocycles. The Morgan fingerprint density at radius 2 is 2.15 bits per heavy atom. The van der Waals surface area contributed by atoms with Crippen LogP contribution in [0.2, 0.25) is 0 Å². The van der Waals surface area contributed by atoms with Gasteiger partial charge < -0.3 is 9.73 Å². The molecule has 4 fully saturated rings. The van der Waals surface area contributed by atoms with Crippen molar-refractivity contribution in [2.75, 3.05) is 19.6 Å². The highest BCUT2D eigenvalue weighted by Gasteiger charge is 2.41. The minimum Gasteiger partial charge on any atom is -0.468 e. The SMILES string of the molecule is Cn1nc(C2CCCC2)cc1C1CN2CCC1CC2CNCc1ccco1. The number of fused-ring (bicyclic) bond motifs is 3. The topological polar surface area (TPSA) is 46.2 Å². The van der Waals surface area contributed by atoms with Gasteiger partial charge in [0.05, 0.1) is 18.5 Å². The quantitative estimate of drug-likeness (QED) is 0.846. The van der Waals surface area contributed by atoms with E-state index in [2.05, 4.69) is 28.0 Å². The molecule has 5 heterocycles. The summed E-state index contributed by atoms with van der Waals surface area (Å²) in [5.74, 6) is 3.20. The van der Waals surface area contributed by atoms with Crippen LogP contribution in [0.5, 0.6) is 0 Å². The Labute approximate surface area is 162 Å². The van der Waals surface area contributed by atoms with E-state index >= 15 is 0 Å². The van der Waals surface area contributed by atoms with Gasteiger partial charge in [0.2, 0.25) is 0 Å². The zero-order chi connectivity index (χ0) is 18.2. The van der Waals surface area contributed by atoms with Crippen molar-refractivity contribution in [1.82, 2.24) is 20.0 Å². The Kier molecular flexibility index (Phi) is 4.82. The number of rotatable bonds is 6. The number of furan rings is 1. The third-order valence-corrected chi connectivity index (χ3v) is 7.23. The summed E-state index contributed by atoms with van der Waals surface area (Å²) < 4.78 is 7.63. The summed E-state index contributed by atoms with van der Waals surface area (Å²) >= 11 is 0. The summed E-state index contributed by atoms with van der Waals surface area (Å²) in [5.41, 5.74) is 2.84. The third-order valence-electron chi connectivity index (χ3n) is 7.23. The predicted molar refractivity (Wildman–Crippen MR) is 106 cm³/mol. The number of hydrogen-bond donors (Lipinski definition) is 1. The van der Waals surface area contributed by atoms with Crippen LogP contribution in [-0.2, 0) is 13.6 Å². The molecule has 5 nitrogen and oxygen atoms in total. The lowest BCUT2D eigenvalue weighted by Crippen LogP contribution is -2.55. The van der Waals surface area contributed by atoms with Gasteiger partial charge in [0.25, 0.3) is 0 Å². The fraction of sp³-hybridized carbons (Fsp3) is 0.682. The molecule has 2 aromatic heterocycles. The van der Waals surface area contributed by atoms with Crippen molar-refractivity contribution in [3.8, 4) is 0 Å². The van der Waals surface area contributed by atoms with E-state index in [-0.39, 0.29) is 0 Å². The van der Waals surface area contributed by atoms with E-state index in [9.17, 15) is 0 Å². The third kappa shape index (κ3) is 3.47. The van der Waals surface area contributed by atoms with Gasteiger partial charge in [-0.05, 0) is 56.3 Å². The lowest BCUT2D eigenvalue weighted by atomic mass is 9.74. The highest BCUT2D eigenvalue weighted by Crippen LogP contribution is 2.43. The first kappa shape index (κ1) is 17.5. The summed E-state index contributed by atoms with van der Waals surface area (Å²) in [6, 6.07) is 7.12. The maximum absolute atomic E-state index is 5.43. The molecule has 1 N–H and O–H groups in total. The maximum atomic E-state index is 5.43. The molecular weight excluding hydrogens is 336 g/mol. The lowest BCUT2D eigenvalue weighted by molar-refractivity contribution is 0.0280. The summed E-state index contributed by atoms with van der Waals surface area (Å²) in [7, 11) is 2.16. The highest BCUT2D eigenvalue weighted by atomic mass is 16.3. The summed E-state index contributed by atoms with van der Waals surface area (Å²) in [6.07, 6.45) is 9.82. The highest BCUT2D eigenvalue weighted by molar-refractivity contribution is 5.22. The summed E-state index contributed by atoms with van der Waals surface area (Å²) in [5, 5.41) is 8.52. The monoisotopic (exact) mass is 368 g/mol. The molecule has 2 aromatic rings. The minimum absolute atomic E-state index is 0.660. The van der Waals surface area contributed by atoms with Gasteiger partial charge in [-0.2, -0.15) is 5.10 Å². The maximum Gasteiger partial charge on any atom is 0.117 e. The minimum atomic E-state index is 0.660. The van der Waals surface area contributed by atoms with Crippen LogP contribution in [0.15, 0.2) is 28.9 Å². The molecule has 0 radical (unpaired) electrons. The molecule has 1 saturated carbocycles. The van der Waals surface area contributed by atoms with Crippen molar-refractivity contribution < 1.29 is 4.42 Å². The van der Waals surface area contributed by atoms with E-state index in [0.717, 1.165) is 24.8 Å². The van der Waals surface area contributed by atoms with Crippen molar-refractivity contribution in [1.29, 1.82) is 0 Å². The molecular formula is C22H32N4O. The Morgan fingerprint density at radius 3 is 2.89 bits per heavy atom. The molecule has 4 unspecified atom stereocenters. The average Bonchev–Trinajstić information content (AvgIpc) is 3.44. The van der Waals surface area contributed by atoms with E-state index in [4.69, 9.17) is 9.52 Å². The number of nitrogens with one attached hydrogen (secondary N) is 1. The second-order valence-electron chi connectivity index (χ2n) is 8.85. The molecule has 3 aliphatic heterocycles. The van der Waals surface area contributed by atoms with Crippen LogP contribution in [0.25, 0.3) is 0 Å². The van der Waals surface area contributed by atoms with Gasteiger partial charge in [-0.25, -0.2) is 0 Å². The van der Waals surface area contributed by atoms with Crippen molar-refractivity contribution in [2.24, 2.45) is 13.0 Å². The predicted octanol–water partition coefficient (Wildman–Crippen LogP) is 3.64. The van der Waals surface area contributed by atoms with Crippen LogP contribution in [0.1, 0.15) is 67.5 Å². The number of hydrogen-bond acceptors (Lipinski definition) is 4. The van der Waals surface area contributed by atoms with Crippen LogP contribution in [-0.4, -0.2) is 40.4 Å². The van der Waals surface area contributed by atoms with Crippen molar-refractivity contribution in [3.63, 3.8) is 0 Å². The van der Waals surface area contributed by atoms with Crippen LogP contribution in [0.3, 0.4) is 0 Å². The van der Waals surface area contributed by atoms with Crippen molar-refractivity contribution >= 4 is 0 Å². The Morgan fingerprint density at radius 1 is 1.26 bits per heavy atom. The zero-order valence-corrected chi connectivity index (χ0v) is 16.4. The smallest absolute Gasteiger partial charge is 0.117 e. The standard InChI is InChI=1S/C22H32N4O/c1-25-22(12-21(24-25)16-5-2-3-6-16)20-15-26-9-8-17(20)11-18(26)13-23-14-19-7-4-10-27-19/h4,7,10,12,16-18,20,23H,2-3,5-6,8-9,11,13-15H2,1H3. The summed E-state index contributed by atoms with van der Waals surface area (Å²) in [4.78, 5) is 2.71. The first-order valence-electron chi connectivity index (χ1n) is 10.8. The van der Waals surface area contributed by atoms with Crippen molar-refractivity contribution in [3.05, 3.63) is 41.6 Å². The fourth-order valence-electron chi connectivity index (χ4n) is 5.73. The largest absolute Gasteiger partial charge is 0.468 e. The Balaban J connectivity index is 1.22. The van der Waals surface area contributed by atoms with Crippen molar-refractivity contribution in [2.45, 2.75) is 62.9 Å². The molecule has 0 spiro atoms.